The number of β-amino-alcohol motifs (C(OH)–C–C–N with tert-alkyl or cyclic N) is 1. The second kappa shape index (κ2) is 10.9. The van der Waals surface area contributed by atoms with Gasteiger partial charge in [0.05, 0.1) is 27.9 Å². The number of aromatic carboxylic acids is 1. The third kappa shape index (κ3) is 5.47. The van der Waals surface area contributed by atoms with Crippen molar-refractivity contribution in [2.24, 2.45) is 0 Å². The van der Waals surface area contributed by atoms with Gasteiger partial charge in [0.15, 0.2) is 11.4 Å². The monoisotopic (exact) mass is 590 g/mol. The molecule has 37 heavy (non-hydrogen) atoms. The van der Waals surface area contributed by atoms with Crippen molar-refractivity contribution in [2.75, 3.05) is 13.1 Å². The first-order chi connectivity index (χ1) is 16.7. The minimum atomic E-state index is -4.95. The van der Waals surface area contributed by atoms with Crippen LogP contribution in [0.2, 0.25) is 10.2 Å². The Morgan fingerprint density at radius 3 is 2.41 bits per heavy atom. The van der Waals surface area contributed by atoms with E-state index in [4.69, 9.17) is 23.2 Å². The van der Waals surface area contributed by atoms with Crippen LogP contribution in [0.4, 0.5) is 22.0 Å². The summed E-state index contributed by atoms with van der Waals surface area (Å²) < 4.78 is 70.2. The van der Waals surface area contributed by atoms with Gasteiger partial charge >= 0.3 is 35.7 Å². The van der Waals surface area contributed by atoms with E-state index in [1.165, 1.54) is 24.3 Å². The summed E-state index contributed by atoms with van der Waals surface area (Å²) in [5.74, 6) is -4.73. The van der Waals surface area contributed by atoms with E-state index in [0.717, 1.165) is 15.5 Å². The normalized spacial score (nSPS) is 17.8. The van der Waals surface area contributed by atoms with Crippen molar-refractivity contribution < 1.29 is 71.3 Å². The van der Waals surface area contributed by atoms with E-state index in [-0.39, 0.29) is 60.4 Å². The first kappa shape index (κ1) is 30.0. The van der Waals surface area contributed by atoms with Crippen molar-refractivity contribution in [2.45, 2.75) is 34.5 Å². The average molecular weight is 591 g/mol. The maximum absolute atomic E-state index is 15.1. The van der Waals surface area contributed by atoms with Crippen molar-refractivity contribution in [3.63, 3.8) is 0 Å². The van der Waals surface area contributed by atoms with Crippen LogP contribution in [0.3, 0.4) is 0 Å². The zero-order chi connectivity index (χ0) is 26.6. The number of benzene rings is 2. The molecule has 1 amide bonds. The quantitative estimate of drug-likeness (QED) is 0.357. The number of carbonyl (C=O) groups is 2. The molecule has 192 valence electrons. The van der Waals surface area contributed by atoms with E-state index in [9.17, 15) is 37.4 Å². The minimum absolute atomic E-state index is 0. The van der Waals surface area contributed by atoms with E-state index in [2.05, 4.69) is 0 Å². The topological polar surface area (TPSA) is 85.6 Å². The van der Waals surface area contributed by atoms with Gasteiger partial charge in [-0.25, -0.2) is 8.78 Å². The summed E-state index contributed by atoms with van der Waals surface area (Å²) in [5.41, 5.74) is -4.04. The molecule has 15 heteroatoms. The fourth-order valence-electron chi connectivity index (χ4n) is 3.89. The predicted octanol–water partition coefficient (Wildman–Crippen LogP) is 1.27. The predicted molar refractivity (Wildman–Crippen MR) is 119 cm³/mol. The van der Waals surface area contributed by atoms with Crippen LogP contribution in [0.25, 0.3) is 10.9 Å². The number of hydrogen-bond acceptors (Lipinski definition) is 5. The van der Waals surface area contributed by atoms with E-state index in [1.54, 1.807) is 0 Å². The maximum atomic E-state index is 15.1. The van der Waals surface area contributed by atoms with Gasteiger partial charge in [0, 0.05) is 28.8 Å². The molecule has 1 unspecified atom stereocenters. The van der Waals surface area contributed by atoms with E-state index >= 15 is 4.39 Å². The van der Waals surface area contributed by atoms with Gasteiger partial charge in [0.2, 0.25) is 5.91 Å². The number of aromatic nitrogens is 1. The molecule has 1 aliphatic rings. The zero-order valence-corrected chi connectivity index (χ0v) is 23.2. The van der Waals surface area contributed by atoms with E-state index in [0.29, 0.717) is 11.8 Å². The van der Waals surface area contributed by atoms with Crippen molar-refractivity contribution in [3.8, 4) is 0 Å². The number of carboxylic acid groups (broad SMARTS) is 1. The molecule has 0 spiro atoms. The van der Waals surface area contributed by atoms with Gasteiger partial charge in [-0.2, -0.15) is 13.2 Å². The van der Waals surface area contributed by atoms with Crippen LogP contribution in [-0.4, -0.2) is 51.3 Å². The summed E-state index contributed by atoms with van der Waals surface area (Å²) in [7, 11) is 0. The summed E-state index contributed by atoms with van der Waals surface area (Å²) in [5, 5.41) is 20.5. The Labute approximate surface area is 242 Å². The number of fused-ring (bicyclic) bond motifs is 1. The Morgan fingerprint density at radius 2 is 1.81 bits per heavy atom. The Morgan fingerprint density at radius 1 is 1.14 bits per heavy atom. The number of hydrogen-bond donors (Lipinski definition) is 1. The number of amides is 1. The Hall–Kier alpha value is -1.54. The molecule has 1 atom stereocenters. The molecule has 4 rings (SSSR count). The first-order valence-corrected chi connectivity index (χ1v) is 11.7. The summed E-state index contributed by atoms with van der Waals surface area (Å²) in [6.07, 6.45) is -5.68. The van der Waals surface area contributed by atoms with Crippen molar-refractivity contribution in [3.05, 3.63) is 57.7 Å². The van der Waals surface area contributed by atoms with Crippen LogP contribution in [-0.2, 0) is 11.3 Å². The molecule has 0 aliphatic carbocycles. The average Bonchev–Trinajstić information content (AvgIpc) is 3.32. The number of carboxylic acids is 1. The van der Waals surface area contributed by atoms with Crippen LogP contribution in [0.1, 0.15) is 16.8 Å². The third-order valence-electron chi connectivity index (χ3n) is 5.82. The van der Waals surface area contributed by atoms with E-state index < -0.39 is 66.9 Å². The molecule has 0 bridgehead atoms. The van der Waals surface area contributed by atoms with Crippen LogP contribution in [0, 0.1) is 11.6 Å². The molecule has 3 aromatic rings. The fourth-order valence-corrected chi connectivity index (χ4v) is 5.44. The molecular weight excluding hydrogens is 577 g/mol. The molecule has 2 aromatic carbocycles. The molecule has 1 saturated heterocycles. The van der Waals surface area contributed by atoms with Gasteiger partial charge in [0.25, 0.3) is 0 Å². The van der Waals surface area contributed by atoms with Gasteiger partial charge in [-0.05, 0) is 18.2 Å². The Kier molecular flexibility index (Phi) is 8.85. The number of halogens is 7. The summed E-state index contributed by atoms with van der Waals surface area (Å²) in [6.45, 7) is -2.10. The fraction of sp³-hybridized carbons (Fsp3) is 0.273. The third-order valence-corrected chi connectivity index (χ3v) is 7.77. The van der Waals surface area contributed by atoms with Crippen LogP contribution in [0.5, 0.6) is 0 Å². The summed E-state index contributed by atoms with van der Waals surface area (Å²) in [6, 6.07) is 6.07. The number of aliphatic hydroxyl groups is 1. The van der Waals surface area contributed by atoms with Crippen LogP contribution < -0.4 is 34.7 Å². The van der Waals surface area contributed by atoms with Crippen molar-refractivity contribution >= 4 is 57.7 Å². The van der Waals surface area contributed by atoms with Gasteiger partial charge in [-0.1, -0.05) is 47.1 Å². The first-order valence-electron chi connectivity index (χ1n) is 10.2. The van der Waals surface area contributed by atoms with Gasteiger partial charge in [-0.15, -0.1) is 0 Å². The smallest absolute Gasteiger partial charge is 0.545 e. The van der Waals surface area contributed by atoms with Crippen molar-refractivity contribution in [1.29, 1.82) is 0 Å². The SMILES string of the molecule is O=C([O-])c1cccc(Sc2c(Cl)n(CC(=O)N3CCC(O)(C(F)(F)F)C3)c3c(F)c(Cl)ccc23)c1F.[Na+]. The molecule has 0 saturated carbocycles. The Balaban J connectivity index is 0.00000380. The van der Waals surface area contributed by atoms with Crippen LogP contribution in [0.15, 0.2) is 40.1 Å². The summed E-state index contributed by atoms with van der Waals surface area (Å²) in [4.78, 5) is 24.7. The molecule has 2 heterocycles. The number of rotatable bonds is 5. The minimum Gasteiger partial charge on any atom is -0.545 e. The molecule has 1 aromatic heterocycles. The van der Waals surface area contributed by atoms with Gasteiger partial charge in [0.1, 0.15) is 17.5 Å². The zero-order valence-electron chi connectivity index (χ0n) is 18.8. The second-order valence-corrected chi connectivity index (χ2v) is 9.88. The van der Waals surface area contributed by atoms with Crippen molar-refractivity contribution in [1.82, 2.24) is 9.47 Å². The van der Waals surface area contributed by atoms with E-state index in [1.807, 2.05) is 0 Å². The van der Waals surface area contributed by atoms with Crippen LogP contribution >= 0.6 is 35.0 Å². The number of alkyl halides is 3. The Bertz CT molecular complexity index is 1400. The number of carbonyl (C=O) groups excluding carboxylic acids is 2. The molecule has 0 radical (unpaired) electrons. The molecular formula is C22H14Cl2F5N2NaO4S. The number of likely N-dealkylation sites (tertiary alicyclic amines) is 1. The van der Waals surface area contributed by atoms with Gasteiger partial charge in [-0.3, -0.25) is 4.79 Å². The molecule has 1 N–H and O–H groups in total. The second-order valence-electron chi connectivity index (χ2n) is 8.07. The van der Waals surface area contributed by atoms with Gasteiger partial charge < -0.3 is 24.5 Å². The molecule has 1 aliphatic heterocycles. The standard InChI is InChI=1S/C22H15Cl2F5N2O4S.Na/c23-12-5-4-11-17(16(12)26)31(8-14(32)30-7-6-21(35,9-30)22(27,28)29)19(24)18(11)36-13-3-1-2-10(15(13)25)20(33)34;/h1-5,35H,6-9H2,(H,33,34);/q;+1/p-1. The number of nitrogens with zero attached hydrogens (tertiary/aromatic N) is 2. The molecule has 1 fully saturated rings. The molecule has 6 nitrogen and oxygen atoms in total. The maximum Gasteiger partial charge on any atom is 1.00 e. The summed E-state index contributed by atoms with van der Waals surface area (Å²) >= 11 is 13.0. The largest absolute Gasteiger partial charge is 1.00 e.